The van der Waals surface area contributed by atoms with E-state index in [-0.39, 0.29) is 12.1 Å². The molecule has 0 radical (unpaired) electrons. The number of nitrogens with zero attached hydrogens (tertiary/aromatic N) is 1. The van der Waals surface area contributed by atoms with E-state index in [2.05, 4.69) is 5.32 Å². The number of primary amides is 1. The third-order valence-corrected chi connectivity index (χ3v) is 3.58. The lowest BCUT2D eigenvalue weighted by Crippen LogP contribution is -2.45. The maximum absolute atomic E-state index is 12.2. The van der Waals surface area contributed by atoms with Crippen LogP contribution >= 0.6 is 0 Å². The van der Waals surface area contributed by atoms with E-state index in [0.717, 1.165) is 0 Å². The molecule has 3 N–H and O–H groups in total. The zero-order valence-corrected chi connectivity index (χ0v) is 13.5. The number of methoxy groups -OCH3 is 1. The summed E-state index contributed by atoms with van der Waals surface area (Å²) in [7, 11) is 1.41. The van der Waals surface area contributed by atoms with Crippen LogP contribution < -0.4 is 15.8 Å². The second-order valence-electron chi connectivity index (χ2n) is 5.25. The molecule has 0 aliphatic carbocycles. The number of non-ortho nitro benzene ring substituents is 1. The predicted octanol–water partition coefficient (Wildman–Crippen LogP) is 1.43. The van der Waals surface area contributed by atoms with Gasteiger partial charge < -0.3 is 15.8 Å². The van der Waals surface area contributed by atoms with Gasteiger partial charge in [-0.3, -0.25) is 19.7 Å². The number of ether oxygens (including phenoxy) is 1. The molecule has 2 aromatic carbocycles. The lowest BCUT2D eigenvalue weighted by Gasteiger charge is -2.17. The van der Waals surface area contributed by atoms with Crippen molar-refractivity contribution < 1.29 is 19.2 Å². The number of benzene rings is 2. The summed E-state index contributed by atoms with van der Waals surface area (Å²) >= 11 is 0. The molecular formula is C17H17N3O5. The average Bonchev–Trinajstić information content (AvgIpc) is 2.61. The fourth-order valence-corrected chi connectivity index (χ4v) is 2.31. The highest BCUT2D eigenvalue weighted by atomic mass is 16.6. The van der Waals surface area contributed by atoms with Crippen LogP contribution in [0, 0.1) is 10.1 Å². The number of hydrogen-bond donors (Lipinski definition) is 2. The standard InChI is InChI=1S/C17H17N3O5/c1-25-15-8-7-13(20(23)24)9-12(15)10-14(16(18)21)19-17(22)11-5-3-2-4-6-11/h2-9,14H,10H2,1H3,(H2,18,21)(H,19,22)/t14-/m1/s1. The van der Waals surface area contributed by atoms with Gasteiger partial charge in [0.05, 0.1) is 12.0 Å². The summed E-state index contributed by atoms with van der Waals surface area (Å²) in [4.78, 5) is 34.3. The van der Waals surface area contributed by atoms with Gasteiger partial charge in [-0.15, -0.1) is 0 Å². The van der Waals surface area contributed by atoms with Crippen LogP contribution in [0.2, 0.25) is 0 Å². The topological polar surface area (TPSA) is 125 Å². The van der Waals surface area contributed by atoms with Gasteiger partial charge in [0.25, 0.3) is 11.6 Å². The first-order valence-electron chi connectivity index (χ1n) is 7.39. The molecular weight excluding hydrogens is 326 g/mol. The number of nitro groups is 1. The molecule has 25 heavy (non-hydrogen) atoms. The van der Waals surface area contributed by atoms with Crippen molar-refractivity contribution in [2.45, 2.75) is 12.5 Å². The quantitative estimate of drug-likeness (QED) is 0.581. The Morgan fingerprint density at radius 3 is 2.48 bits per heavy atom. The molecule has 0 fully saturated rings. The van der Waals surface area contributed by atoms with Crippen LogP contribution in [0.5, 0.6) is 5.75 Å². The molecule has 2 aromatic rings. The van der Waals surface area contributed by atoms with Gasteiger partial charge in [-0.25, -0.2) is 0 Å². The maximum atomic E-state index is 12.2. The lowest BCUT2D eigenvalue weighted by molar-refractivity contribution is -0.384. The number of hydrogen-bond acceptors (Lipinski definition) is 5. The Kier molecular flexibility index (Phi) is 5.67. The van der Waals surface area contributed by atoms with Gasteiger partial charge in [-0.2, -0.15) is 0 Å². The fraction of sp³-hybridized carbons (Fsp3) is 0.176. The Bertz CT molecular complexity index is 792. The van der Waals surface area contributed by atoms with Crippen molar-refractivity contribution in [1.29, 1.82) is 0 Å². The van der Waals surface area contributed by atoms with Gasteiger partial charge in [-0.1, -0.05) is 18.2 Å². The molecule has 0 aliphatic heterocycles. The van der Waals surface area contributed by atoms with Crippen LogP contribution in [0.4, 0.5) is 5.69 Å². The highest BCUT2D eigenvalue weighted by molar-refractivity contribution is 5.97. The lowest BCUT2D eigenvalue weighted by atomic mass is 10.0. The molecule has 130 valence electrons. The molecule has 0 heterocycles. The van der Waals surface area contributed by atoms with Crippen molar-refractivity contribution in [3.8, 4) is 5.75 Å². The smallest absolute Gasteiger partial charge is 0.269 e. The van der Waals surface area contributed by atoms with E-state index in [9.17, 15) is 19.7 Å². The summed E-state index contributed by atoms with van der Waals surface area (Å²) in [5, 5.41) is 13.5. The van der Waals surface area contributed by atoms with E-state index in [0.29, 0.717) is 16.9 Å². The minimum atomic E-state index is -1.04. The van der Waals surface area contributed by atoms with Gasteiger partial charge in [0, 0.05) is 29.7 Å². The van der Waals surface area contributed by atoms with Crippen LogP contribution in [0.1, 0.15) is 15.9 Å². The van der Waals surface area contributed by atoms with Crippen LogP contribution in [0.15, 0.2) is 48.5 Å². The molecule has 0 saturated carbocycles. The van der Waals surface area contributed by atoms with Gasteiger partial charge in [0.1, 0.15) is 11.8 Å². The zero-order chi connectivity index (χ0) is 18.4. The molecule has 0 saturated heterocycles. The number of rotatable bonds is 7. The van der Waals surface area contributed by atoms with Crippen LogP contribution in [0.3, 0.4) is 0 Å². The molecule has 2 rings (SSSR count). The summed E-state index contributed by atoms with van der Waals surface area (Å²) in [6, 6.07) is 11.3. The van der Waals surface area contributed by atoms with E-state index >= 15 is 0 Å². The van der Waals surface area contributed by atoms with Gasteiger partial charge in [0.15, 0.2) is 0 Å². The predicted molar refractivity (Wildman–Crippen MR) is 90.2 cm³/mol. The van der Waals surface area contributed by atoms with E-state index in [1.54, 1.807) is 30.3 Å². The maximum Gasteiger partial charge on any atom is 0.269 e. The van der Waals surface area contributed by atoms with Crippen LogP contribution in [0.25, 0.3) is 0 Å². The Morgan fingerprint density at radius 1 is 1.24 bits per heavy atom. The van der Waals surface area contributed by atoms with E-state index < -0.39 is 22.8 Å². The number of amides is 2. The molecule has 0 spiro atoms. The van der Waals surface area contributed by atoms with E-state index in [1.807, 2.05) is 0 Å². The molecule has 1 atom stereocenters. The Labute approximate surface area is 143 Å². The zero-order valence-electron chi connectivity index (χ0n) is 13.5. The van der Waals surface area contributed by atoms with Crippen molar-refractivity contribution in [2.75, 3.05) is 7.11 Å². The minimum absolute atomic E-state index is 0.0290. The third-order valence-electron chi connectivity index (χ3n) is 3.58. The monoisotopic (exact) mass is 343 g/mol. The van der Waals surface area contributed by atoms with Gasteiger partial charge in [-0.05, 0) is 18.2 Å². The first kappa shape index (κ1) is 17.9. The van der Waals surface area contributed by atoms with Crippen molar-refractivity contribution in [1.82, 2.24) is 5.32 Å². The average molecular weight is 343 g/mol. The van der Waals surface area contributed by atoms with Crippen LogP contribution in [-0.2, 0) is 11.2 Å². The van der Waals surface area contributed by atoms with E-state index in [1.165, 1.54) is 25.3 Å². The molecule has 2 amide bonds. The Hall–Kier alpha value is -3.42. The summed E-state index contributed by atoms with van der Waals surface area (Å²) in [6.45, 7) is 0. The summed E-state index contributed by atoms with van der Waals surface area (Å²) in [5.74, 6) is -0.850. The van der Waals surface area contributed by atoms with Gasteiger partial charge in [0.2, 0.25) is 5.91 Å². The SMILES string of the molecule is COc1ccc([N+](=O)[O-])cc1C[C@@H](NC(=O)c1ccccc1)C(N)=O. The fourth-order valence-electron chi connectivity index (χ4n) is 2.31. The molecule has 8 heteroatoms. The third kappa shape index (κ3) is 4.54. The number of carbonyl (C=O) groups excluding carboxylic acids is 2. The van der Waals surface area contributed by atoms with Crippen molar-refractivity contribution in [3.05, 3.63) is 69.8 Å². The van der Waals surface area contributed by atoms with Gasteiger partial charge >= 0.3 is 0 Å². The second kappa shape index (κ2) is 7.91. The first-order chi connectivity index (χ1) is 11.9. The molecule has 0 aliphatic rings. The number of nitrogens with one attached hydrogen (secondary N) is 1. The number of nitro benzene ring substituents is 1. The number of nitrogens with two attached hydrogens (primary N) is 1. The van der Waals surface area contributed by atoms with Crippen molar-refractivity contribution in [2.24, 2.45) is 5.73 Å². The molecule has 0 bridgehead atoms. The van der Waals surface area contributed by atoms with Crippen LogP contribution in [-0.4, -0.2) is 29.9 Å². The highest BCUT2D eigenvalue weighted by Crippen LogP contribution is 2.25. The molecule has 0 unspecified atom stereocenters. The summed E-state index contributed by atoms with van der Waals surface area (Å²) in [5.41, 5.74) is 6.00. The number of carbonyl (C=O) groups is 2. The molecule has 0 aromatic heterocycles. The Morgan fingerprint density at radius 2 is 1.92 bits per heavy atom. The minimum Gasteiger partial charge on any atom is -0.496 e. The van der Waals surface area contributed by atoms with Crippen molar-refractivity contribution in [3.63, 3.8) is 0 Å². The molecule has 8 nitrogen and oxygen atoms in total. The van der Waals surface area contributed by atoms with E-state index in [4.69, 9.17) is 10.5 Å². The van der Waals surface area contributed by atoms with Crippen molar-refractivity contribution >= 4 is 17.5 Å². The highest BCUT2D eigenvalue weighted by Gasteiger charge is 2.22. The second-order valence-corrected chi connectivity index (χ2v) is 5.25. The summed E-state index contributed by atoms with van der Waals surface area (Å²) < 4.78 is 5.16. The first-order valence-corrected chi connectivity index (χ1v) is 7.39. The Balaban J connectivity index is 2.24. The summed E-state index contributed by atoms with van der Waals surface area (Å²) in [6.07, 6.45) is -0.0290. The largest absolute Gasteiger partial charge is 0.496 e. The normalized spacial score (nSPS) is 11.4.